The summed E-state index contributed by atoms with van der Waals surface area (Å²) in [5, 5.41) is 0. The second kappa shape index (κ2) is 4.73. The predicted octanol–water partition coefficient (Wildman–Crippen LogP) is 1.28. The first-order valence-corrected chi connectivity index (χ1v) is 4.33. The van der Waals surface area contributed by atoms with Crippen LogP contribution in [0.25, 0.3) is 0 Å². The molecule has 0 saturated heterocycles. The van der Waals surface area contributed by atoms with Crippen molar-refractivity contribution in [3.8, 4) is 0 Å². The van der Waals surface area contributed by atoms with Crippen LogP contribution in [0.15, 0.2) is 0 Å². The Morgan fingerprint density at radius 2 is 1.45 bits per heavy atom. The van der Waals surface area contributed by atoms with E-state index in [2.05, 4.69) is 51.8 Å². The average molecular weight is 158 g/mol. The minimum atomic E-state index is 0.634. The third-order valence-corrected chi connectivity index (χ3v) is 2.45. The van der Waals surface area contributed by atoms with Crippen LogP contribution in [0.1, 0.15) is 20.3 Å². The highest BCUT2D eigenvalue weighted by Crippen LogP contribution is 2.08. The fourth-order valence-corrected chi connectivity index (χ4v) is 1.48. The molecular weight excluding hydrogens is 136 g/mol. The van der Waals surface area contributed by atoms with Crippen molar-refractivity contribution in [2.24, 2.45) is 0 Å². The first-order valence-electron chi connectivity index (χ1n) is 4.33. The molecule has 0 fully saturated rings. The molecule has 0 aromatic carbocycles. The van der Waals surface area contributed by atoms with Crippen molar-refractivity contribution < 1.29 is 0 Å². The van der Waals surface area contributed by atoms with Crippen molar-refractivity contribution in [3.63, 3.8) is 0 Å². The maximum atomic E-state index is 2.30. The van der Waals surface area contributed by atoms with Gasteiger partial charge < -0.3 is 9.80 Å². The summed E-state index contributed by atoms with van der Waals surface area (Å²) in [6, 6.07) is 1.31. The van der Waals surface area contributed by atoms with Crippen LogP contribution in [0.5, 0.6) is 0 Å². The Balaban J connectivity index is 4.02. The summed E-state index contributed by atoms with van der Waals surface area (Å²) in [6.45, 7) is 4.51. The molecule has 0 aliphatic rings. The maximum absolute atomic E-state index is 2.30. The van der Waals surface area contributed by atoms with E-state index in [0.29, 0.717) is 12.1 Å². The maximum Gasteiger partial charge on any atom is 0.0239 e. The highest BCUT2D eigenvalue weighted by Gasteiger charge is 2.18. The molecule has 0 aliphatic heterocycles. The number of nitrogens with zero attached hydrogens (tertiary/aromatic N) is 2. The fourth-order valence-electron chi connectivity index (χ4n) is 1.48. The topological polar surface area (TPSA) is 6.48 Å². The highest BCUT2D eigenvalue weighted by atomic mass is 15.2. The van der Waals surface area contributed by atoms with Crippen LogP contribution in [0.2, 0.25) is 0 Å². The number of hydrogen-bond donors (Lipinski definition) is 0. The molecule has 0 aromatic heterocycles. The normalized spacial score (nSPS) is 17.5. The first-order chi connectivity index (χ1) is 5.00. The molecule has 0 rings (SSSR count). The van der Waals surface area contributed by atoms with Crippen LogP contribution in [-0.2, 0) is 0 Å². The lowest BCUT2D eigenvalue weighted by molar-refractivity contribution is 0.159. The standard InChI is InChI=1S/C9H22N2/c1-7-9(11(5)6)8(2)10(3)4/h8-9H,7H2,1-6H3. The van der Waals surface area contributed by atoms with Gasteiger partial charge in [0.05, 0.1) is 0 Å². The summed E-state index contributed by atoms with van der Waals surface area (Å²) in [5.41, 5.74) is 0. The first kappa shape index (κ1) is 10.9. The van der Waals surface area contributed by atoms with E-state index >= 15 is 0 Å². The Morgan fingerprint density at radius 3 is 1.55 bits per heavy atom. The van der Waals surface area contributed by atoms with Gasteiger partial charge in [-0.1, -0.05) is 6.92 Å². The molecule has 0 spiro atoms. The van der Waals surface area contributed by atoms with Crippen LogP contribution in [0.4, 0.5) is 0 Å². The summed E-state index contributed by atoms with van der Waals surface area (Å²) < 4.78 is 0. The van der Waals surface area contributed by atoms with Gasteiger partial charge >= 0.3 is 0 Å². The molecule has 2 heteroatoms. The van der Waals surface area contributed by atoms with Crippen molar-refractivity contribution >= 4 is 0 Å². The Kier molecular flexibility index (Phi) is 4.69. The molecule has 0 aliphatic carbocycles. The summed E-state index contributed by atoms with van der Waals surface area (Å²) in [7, 11) is 8.57. The van der Waals surface area contributed by atoms with E-state index < -0.39 is 0 Å². The van der Waals surface area contributed by atoms with E-state index in [0.717, 1.165) is 0 Å². The highest BCUT2D eigenvalue weighted by molar-refractivity contribution is 4.76. The van der Waals surface area contributed by atoms with Gasteiger partial charge in [0.15, 0.2) is 0 Å². The van der Waals surface area contributed by atoms with Crippen LogP contribution in [0, 0.1) is 0 Å². The molecule has 2 atom stereocenters. The van der Waals surface area contributed by atoms with E-state index in [1.165, 1.54) is 6.42 Å². The van der Waals surface area contributed by atoms with Crippen molar-refractivity contribution in [1.82, 2.24) is 9.80 Å². The van der Waals surface area contributed by atoms with Gasteiger partial charge in [-0.3, -0.25) is 0 Å². The minimum absolute atomic E-state index is 0.634. The number of rotatable bonds is 4. The molecule has 0 saturated carbocycles. The molecule has 0 heterocycles. The van der Waals surface area contributed by atoms with E-state index in [9.17, 15) is 0 Å². The van der Waals surface area contributed by atoms with Crippen LogP contribution >= 0.6 is 0 Å². The second-order valence-electron chi connectivity index (χ2n) is 3.64. The van der Waals surface area contributed by atoms with Crippen LogP contribution < -0.4 is 0 Å². The zero-order valence-corrected chi connectivity index (χ0v) is 8.76. The van der Waals surface area contributed by atoms with Gasteiger partial charge in [-0.2, -0.15) is 0 Å². The van der Waals surface area contributed by atoms with Crippen molar-refractivity contribution in [2.75, 3.05) is 28.2 Å². The quantitative estimate of drug-likeness (QED) is 0.608. The van der Waals surface area contributed by atoms with Gasteiger partial charge in [0.1, 0.15) is 0 Å². The number of hydrogen-bond acceptors (Lipinski definition) is 2. The van der Waals surface area contributed by atoms with Gasteiger partial charge in [-0.15, -0.1) is 0 Å². The average Bonchev–Trinajstić information content (AvgIpc) is 1.88. The lowest BCUT2D eigenvalue weighted by Crippen LogP contribution is -2.44. The molecule has 0 radical (unpaired) electrons. The van der Waals surface area contributed by atoms with E-state index in [1.807, 2.05) is 0 Å². The van der Waals surface area contributed by atoms with E-state index in [1.54, 1.807) is 0 Å². The third kappa shape index (κ3) is 3.21. The van der Waals surface area contributed by atoms with Crippen molar-refractivity contribution in [3.05, 3.63) is 0 Å². The Morgan fingerprint density at radius 1 is 1.00 bits per heavy atom. The lowest BCUT2D eigenvalue weighted by atomic mass is 10.1. The van der Waals surface area contributed by atoms with Crippen molar-refractivity contribution in [1.29, 1.82) is 0 Å². The summed E-state index contributed by atoms with van der Waals surface area (Å²) in [6.07, 6.45) is 1.21. The van der Waals surface area contributed by atoms with Crippen molar-refractivity contribution in [2.45, 2.75) is 32.4 Å². The van der Waals surface area contributed by atoms with Crippen LogP contribution in [-0.4, -0.2) is 50.1 Å². The third-order valence-electron chi connectivity index (χ3n) is 2.45. The van der Waals surface area contributed by atoms with Gasteiger partial charge in [0.2, 0.25) is 0 Å². The van der Waals surface area contributed by atoms with E-state index in [-0.39, 0.29) is 0 Å². The Bertz CT molecular complexity index is 99.7. The second-order valence-corrected chi connectivity index (χ2v) is 3.64. The SMILES string of the molecule is CCC(C(C)N(C)C)N(C)C. The minimum Gasteiger partial charge on any atom is -0.305 e. The monoisotopic (exact) mass is 158 g/mol. The largest absolute Gasteiger partial charge is 0.305 e. The molecule has 2 nitrogen and oxygen atoms in total. The molecule has 0 aromatic rings. The zero-order valence-electron chi connectivity index (χ0n) is 8.76. The summed E-state index contributed by atoms with van der Waals surface area (Å²) in [4.78, 5) is 4.57. The molecule has 0 amide bonds. The van der Waals surface area contributed by atoms with Gasteiger partial charge in [0, 0.05) is 12.1 Å². The molecule has 0 N–H and O–H groups in total. The van der Waals surface area contributed by atoms with Gasteiger partial charge in [-0.05, 0) is 41.5 Å². The Labute approximate surface area is 71.2 Å². The molecular formula is C9H22N2. The molecule has 68 valence electrons. The molecule has 2 unspecified atom stereocenters. The smallest absolute Gasteiger partial charge is 0.0239 e. The molecule has 0 bridgehead atoms. The van der Waals surface area contributed by atoms with Gasteiger partial charge in [0.25, 0.3) is 0 Å². The zero-order chi connectivity index (χ0) is 9.02. The Hall–Kier alpha value is -0.0800. The van der Waals surface area contributed by atoms with Crippen LogP contribution in [0.3, 0.4) is 0 Å². The van der Waals surface area contributed by atoms with E-state index in [4.69, 9.17) is 0 Å². The number of likely N-dealkylation sites (N-methyl/N-ethyl adjacent to an activating group) is 2. The molecule has 11 heavy (non-hydrogen) atoms. The predicted molar refractivity (Wildman–Crippen MR) is 50.9 cm³/mol. The van der Waals surface area contributed by atoms with Gasteiger partial charge in [-0.25, -0.2) is 0 Å². The fraction of sp³-hybridized carbons (Fsp3) is 1.00. The lowest BCUT2D eigenvalue weighted by Gasteiger charge is -2.33. The summed E-state index contributed by atoms with van der Waals surface area (Å²) >= 11 is 0. The summed E-state index contributed by atoms with van der Waals surface area (Å²) in [5.74, 6) is 0.